The Labute approximate surface area is 129 Å². The summed E-state index contributed by atoms with van der Waals surface area (Å²) in [6, 6.07) is 6.71. The summed E-state index contributed by atoms with van der Waals surface area (Å²) in [5.74, 6) is 0. The maximum absolute atomic E-state index is 6.46. The molecule has 3 heteroatoms. The third-order valence-electron chi connectivity index (χ3n) is 3.72. The monoisotopic (exact) mass is 296 g/mol. The second-order valence-electron chi connectivity index (χ2n) is 6.43. The van der Waals surface area contributed by atoms with Gasteiger partial charge in [0.25, 0.3) is 0 Å². The van der Waals surface area contributed by atoms with Gasteiger partial charge in [-0.15, -0.1) is 0 Å². The van der Waals surface area contributed by atoms with Crippen molar-refractivity contribution in [2.45, 2.75) is 65.6 Å². The lowest BCUT2D eigenvalue weighted by molar-refractivity contribution is 0.424. The van der Waals surface area contributed by atoms with E-state index in [-0.39, 0.29) is 5.54 Å². The molecule has 1 N–H and O–H groups in total. The highest BCUT2D eigenvalue weighted by atomic mass is 35.5. The minimum absolute atomic E-state index is 0.104. The molecule has 0 atom stereocenters. The van der Waals surface area contributed by atoms with Gasteiger partial charge >= 0.3 is 0 Å². The van der Waals surface area contributed by atoms with Crippen LogP contribution in [0.3, 0.4) is 0 Å². The van der Waals surface area contributed by atoms with Crippen LogP contribution in [0.15, 0.2) is 18.2 Å². The summed E-state index contributed by atoms with van der Waals surface area (Å²) in [7, 11) is 2.15. The highest BCUT2D eigenvalue weighted by molar-refractivity contribution is 6.33. The molecule has 1 rings (SSSR count). The van der Waals surface area contributed by atoms with Crippen molar-refractivity contribution < 1.29 is 0 Å². The van der Waals surface area contributed by atoms with E-state index in [0.29, 0.717) is 6.04 Å². The van der Waals surface area contributed by atoms with Crippen molar-refractivity contribution in [2.24, 2.45) is 0 Å². The zero-order valence-corrected chi connectivity index (χ0v) is 14.5. The average molecular weight is 297 g/mol. The standard InChI is InChI=1S/C17H29ClN2/c1-7-14(8-2)20(6)16-13(10-9-11-15(16)18)12-19-17(3,4)5/h9-11,14,19H,7-8,12H2,1-6H3. The summed E-state index contributed by atoms with van der Waals surface area (Å²) in [4.78, 5) is 2.34. The second-order valence-corrected chi connectivity index (χ2v) is 6.84. The lowest BCUT2D eigenvalue weighted by Crippen LogP contribution is -2.36. The minimum atomic E-state index is 0.104. The number of hydrogen-bond donors (Lipinski definition) is 1. The average Bonchev–Trinajstić information content (AvgIpc) is 2.36. The van der Waals surface area contributed by atoms with Crippen LogP contribution in [0, 0.1) is 0 Å². The van der Waals surface area contributed by atoms with Crippen LogP contribution >= 0.6 is 11.6 Å². The van der Waals surface area contributed by atoms with Crippen molar-refractivity contribution in [3.63, 3.8) is 0 Å². The molecule has 1 aromatic rings. The van der Waals surface area contributed by atoms with Crippen LogP contribution in [-0.4, -0.2) is 18.6 Å². The summed E-state index contributed by atoms with van der Waals surface area (Å²) in [6.07, 6.45) is 2.26. The van der Waals surface area contributed by atoms with Crippen LogP contribution in [-0.2, 0) is 6.54 Å². The van der Waals surface area contributed by atoms with E-state index in [2.05, 4.69) is 57.9 Å². The Morgan fingerprint density at radius 3 is 2.30 bits per heavy atom. The SMILES string of the molecule is CCC(CC)N(C)c1c(Cl)cccc1CNC(C)(C)C. The summed E-state index contributed by atoms with van der Waals surface area (Å²) in [5, 5.41) is 4.39. The van der Waals surface area contributed by atoms with Gasteiger partial charge < -0.3 is 10.2 Å². The number of nitrogens with one attached hydrogen (secondary N) is 1. The van der Waals surface area contributed by atoms with Crippen LogP contribution in [0.2, 0.25) is 5.02 Å². The molecule has 2 nitrogen and oxygen atoms in total. The third-order valence-corrected chi connectivity index (χ3v) is 4.03. The van der Waals surface area contributed by atoms with Crippen LogP contribution in [0.1, 0.15) is 53.0 Å². The molecule has 1 aromatic carbocycles. The third kappa shape index (κ3) is 4.68. The normalized spacial score (nSPS) is 12.0. The molecule has 0 amide bonds. The number of nitrogens with zero attached hydrogens (tertiary/aromatic N) is 1. The van der Waals surface area contributed by atoms with Crippen molar-refractivity contribution in [1.82, 2.24) is 5.32 Å². The van der Waals surface area contributed by atoms with E-state index in [9.17, 15) is 0 Å². The molecule has 0 spiro atoms. The Morgan fingerprint density at radius 1 is 1.20 bits per heavy atom. The first-order valence-electron chi connectivity index (χ1n) is 7.55. The predicted octanol–water partition coefficient (Wildman–Crippen LogP) is 4.85. The summed E-state index contributed by atoms with van der Waals surface area (Å²) in [6.45, 7) is 11.8. The highest BCUT2D eigenvalue weighted by Crippen LogP contribution is 2.31. The van der Waals surface area contributed by atoms with Crippen LogP contribution in [0.4, 0.5) is 5.69 Å². The molecule has 0 fully saturated rings. The number of halogens is 1. The zero-order valence-electron chi connectivity index (χ0n) is 13.8. The van der Waals surface area contributed by atoms with Gasteiger partial charge in [-0.3, -0.25) is 0 Å². The van der Waals surface area contributed by atoms with E-state index in [1.165, 1.54) is 11.3 Å². The van der Waals surface area contributed by atoms with Gasteiger partial charge in [0.05, 0.1) is 10.7 Å². The molecule has 0 aromatic heterocycles. The first-order chi connectivity index (χ1) is 9.30. The van der Waals surface area contributed by atoms with Crippen molar-refractivity contribution in [3.8, 4) is 0 Å². The minimum Gasteiger partial charge on any atom is -0.370 e. The molecule has 0 saturated carbocycles. The molecule has 114 valence electrons. The number of para-hydroxylation sites is 1. The molecular formula is C17H29ClN2. The Hall–Kier alpha value is -0.730. The molecule has 0 heterocycles. The maximum Gasteiger partial charge on any atom is 0.0642 e. The molecule has 0 bridgehead atoms. The number of benzene rings is 1. The Kier molecular flexibility index (Phi) is 6.35. The molecule has 20 heavy (non-hydrogen) atoms. The topological polar surface area (TPSA) is 15.3 Å². The van der Waals surface area contributed by atoms with Crippen molar-refractivity contribution in [2.75, 3.05) is 11.9 Å². The van der Waals surface area contributed by atoms with Crippen LogP contribution in [0.25, 0.3) is 0 Å². The van der Waals surface area contributed by atoms with Gasteiger partial charge in [-0.05, 0) is 45.2 Å². The van der Waals surface area contributed by atoms with Gasteiger partial charge in [-0.2, -0.15) is 0 Å². The van der Waals surface area contributed by atoms with E-state index in [4.69, 9.17) is 11.6 Å². The largest absolute Gasteiger partial charge is 0.370 e. The van der Waals surface area contributed by atoms with Gasteiger partial charge in [0, 0.05) is 25.2 Å². The fourth-order valence-corrected chi connectivity index (χ4v) is 2.80. The Bertz CT molecular complexity index is 419. The molecule has 0 radical (unpaired) electrons. The molecular weight excluding hydrogens is 268 g/mol. The highest BCUT2D eigenvalue weighted by Gasteiger charge is 2.18. The van der Waals surface area contributed by atoms with E-state index < -0.39 is 0 Å². The summed E-state index contributed by atoms with van der Waals surface area (Å²) < 4.78 is 0. The fraction of sp³-hybridized carbons (Fsp3) is 0.647. The summed E-state index contributed by atoms with van der Waals surface area (Å²) >= 11 is 6.46. The molecule has 0 saturated heterocycles. The van der Waals surface area contributed by atoms with E-state index >= 15 is 0 Å². The molecule has 0 unspecified atom stereocenters. The predicted molar refractivity (Wildman–Crippen MR) is 90.8 cm³/mol. The zero-order chi connectivity index (χ0) is 15.3. The van der Waals surface area contributed by atoms with Gasteiger partial charge in [0.1, 0.15) is 0 Å². The molecule has 0 aliphatic rings. The Morgan fingerprint density at radius 2 is 1.80 bits per heavy atom. The van der Waals surface area contributed by atoms with Crippen LogP contribution in [0.5, 0.6) is 0 Å². The number of anilines is 1. The summed E-state index contributed by atoms with van der Waals surface area (Å²) in [5.41, 5.74) is 2.54. The number of hydrogen-bond acceptors (Lipinski definition) is 2. The first kappa shape index (κ1) is 17.3. The van der Waals surface area contributed by atoms with E-state index in [0.717, 1.165) is 24.4 Å². The molecule has 0 aliphatic carbocycles. The quantitative estimate of drug-likeness (QED) is 0.807. The smallest absolute Gasteiger partial charge is 0.0642 e. The Balaban J connectivity index is 3.04. The maximum atomic E-state index is 6.46. The van der Waals surface area contributed by atoms with Gasteiger partial charge in [-0.1, -0.05) is 37.6 Å². The van der Waals surface area contributed by atoms with Crippen molar-refractivity contribution in [1.29, 1.82) is 0 Å². The second kappa shape index (κ2) is 7.33. The van der Waals surface area contributed by atoms with E-state index in [1.54, 1.807) is 0 Å². The first-order valence-corrected chi connectivity index (χ1v) is 7.93. The lowest BCUT2D eigenvalue weighted by atomic mass is 10.0. The van der Waals surface area contributed by atoms with Crippen molar-refractivity contribution in [3.05, 3.63) is 28.8 Å². The lowest BCUT2D eigenvalue weighted by Gasteiger charge is -2.32. The van der Waals surface area contributed by atoms with Crippen LogP contribution < -0.4 is 10.2 Å². The van der Waals surface area contributed by atoms with Gasteiger partial charge in [0.15, 0.2) is 0 Å². The number of rotatable bonds is 6. The van der Waals surface area contributed by atoms with Gasteiger partial charge in [-0.25, -0.2) is 0 Å². The molecule has 0 aliphatic heterocycles. The van der Waals surface area contributed by atoms with Crippen molar-refractivity contribution >= 4 is 17.3 Å². The van der Waals surface area contributed by atoms with E-state index in [1.807, 2.05) is 12.1 Å². The van der Waals surface area contributed by atoms with Gasteiger partial charge in [0.2, 0.25) is 0 Å². The fourth-order valence-electron chi connectivity index (χ4n) is 2.48.